The molecule has 136 valence electrons. The molecular weight excluding hydrogens is 367 g/mol. The van der Waals surface area contributed by atoms with E-state index in [1.54, 1.807) is 32.0 Å². The number of carbonyl (C=O) groups excluding carboxylic acids is 1. The molecular formula is C16H14F3N5OS. The van der Waals surface area contributed by atoms with Crippen LogP contribution in [-0.4, -0.2) is 37.4 Å². The van der Waals surface area contributed by atoms with Crippen LogP contribution in [0.15, 0.2) is 35.2 Å². The van der Waals surface area contributed by atoms with Crippen LogP contribution >= 0.6 is 11.8 Å². The van der Waals surface area contributed by atoms with Crippen molar-refractivity contribution in [3.8, 4) is 0 Å². The minimum absolute atomic E-state index is 0.109. The van der Waals surface area contributed by atoms with E-state index in [1.807, 2.05) is 0 Å². The highest BCUT2D eigenvalue weighted by molar-refractivity contribution is 7.99. The smallest absolute Gasteiger partial charge is 0.318 e. The average Bonchev–Trinajstić information content (AvgIpc) is 2.97. The largest absolute Gasteiger partial charge is 0.398 e. The highest BCUT2D eigenvalue weighted by atomic mass is 32.2. The van der Waals surface area contributed by atoms with E-state index in [0.717, 1.165) is 11.4 Å². The second kappa shape index (κ2) is 6.94. The average molecular weight is 381 g/mol. The van der Waals surface area contributed by atoms with E-state index < -0.39 is 17.8 Å². The van der Waals surface area contributed by atoms with Crippen molar-refractivity contribution < 1.29 is 18.0 Å². The number of para-hydroxylation sites is 1. The van der Waals surface area contributed by atoms with E-state index in [2.05, 4.69) is 20.4 Å². The Kier molecular flexibility index (Phi) is 4.86. The van der Waals surface area contributed by atoms with E-state index in [-0.39, 0.29) is 17.3 Å². The summed E-state index contributed by atoms with van der Waals surface area (Å²) in [7, 11) is 0. The number of nitrogens with one attached hydrogen (secondary N) is 1. The lowest BCUT2D eigenvalue weighted by atomic mass is 10.3. The van der Waals surface area contributed by atoms with Gasteiger partial charge in [-0.15, -0.1) is 16.9 Å². The quantitative estimate of drug-likeness (QED) is 0.699. The van der Waals surface area contributed by atoms with Crippen molar-refractivity contribution in [3.05, 3.63) is 47.5 Å². The number of halogens is 3. The van der Waals surface area contributed by atoms with Gasteiger partial charge in [-0.25, -0.2) is 9.50 Å². The highest BCUT2D eigenvalue weighted by Crippen LogP contribution is 2.32. The van der Waals surface area contributed by atoms with Crippen LogP contribution in [0.25, 0.3) is 5.78 Å². The van der Waals surface area contributed by atoms with Gasteiger partial charge >= 0.3 is 6.18 Å². The first-order valence-corrected chi connectivity index (χ1v) is 8.52. The third-order valence-electron chi connectivity index (χ3n) is 3.35. The molecule has 0 saturated heterocycles. The molecule has 0 unspecified atom stereocenters. The Morgan fingerprint density at radius 2 is 1.96 bits per heavy atom. The molecule has 0 fully saturated rings. The lowest BCUT2D eigenvalue weighted by Crippen LogP contribution is -2.15. The molecule has 3 aromatic rings. The Bertz CT molecular complexity index is 970. The van der Waals surface area contributed by atoms with Crippen LogP contribution in [0, 0.1) is 13.8 Å². The van der Waals surface area contributed by atoms with E-state index in [1.165, 1.54) is 16.6 Å². The first-order chi connectivity index (χ1) is 12.2. The van der Waals surface area contributed by atoms with E-state index in [9.17, 15) is 18.0 Å². The molecule has 10 heteroatoms. The number of hydrogen-bond donors (Lipinski definition) is 1. The zero-order valence-corrected chi connectivity index (χ0v) is 14.6. The van der Waals surface area contributed by atoms with Crippen molar-refractivity contribution in [2.24, 2.45) is 0 Å². The van der Waals surface area contributed by atoms with Crippen LogP contribution in [0.1, 0.15) is 22.0 Å². The number of anilines is 1. The van der Waals surface area contributed by atoms with Gasteiger partial charge < -0.3 is 5.32 Å². The van der Waals surface area contributed by atoms with Crippen molar-refractivity contribution in [3.63, 3.8) is 0 Å². The summed E-state index contributed by atoms with van der Waals surface area (Å²) in [5.74, 6) is -1.49. The van der Waals surface area contributed by atoms with Gasteiger partial charge in [-0.3, -0.25) is 4.79 Å². The molecule has 0 atom stereocenters. The molecule has 0 spiro atoms. The highest BCUT2D eigenvalue weighted by Gasteiger charge is 2.28. The summed E-state index contributed by atoms with van der Waals surface area (Å²) in [6.45, 7) is 3.61. The fourth-order valence-electron chi connectivity index (χ4n) is 2.30. The number of benzene rings is 1. The van der Waals surface area contributed by atoms with E-state index in [0.29, 0.717) is 16.7 Å². The summed E-state index contributed by atoms with van der Waals surface area (Å²) in [4.78, 5) is 21.0. The van der Waals surface area contributed by atoms with Gasteiger partial charge in [0.2, 0.25) is 5.82 Å². The Labute approximate surface area is 150 Å². The maximum absolute atomic E-state index is 12.5. The molecule has 0 aliphatic heterocycles. The number of hydrogen-bond acceptors (Lipinski definition) is 5. The Morgan fingerprint density at radius 3 is 2.69 bits per heavy atom. The molecule has 0 aliphatic rings. The van der Waals surface area contributed by atoms with Crippen LogP contribution in [0.2, 0.25) is 0 Å². The maximum atomic E-state index is 12.5. The number of alkyl halides is 3. The predicted molar refractivity (Wildman–Crippen MR) is 91.4 cm³/mol. The maximum Gasteiger partial charge on any atom is 0.398 e. The van der Waals surface area contributed by atoms with Crippen LogP contribution in [0.4, 0.5) is 18.9 Å². The van der Waals surface area contributed by atoms with E-state index in [4.69, 9.17) is 0 Å². The number of nitrogens with zero attached hydrogens (tertiary/aromatic N) is 4. The predicted octanol–water partition coefficient (Wildman–Crippen LogP) is 3.65. The number of aryl methyl sites for hydroxylation is 2. The number of aromatic nitrogens is 4. The second-order valence-corrected chi connectivity index (χ2v) is 6.56. The third kappa shape index (κ3) is 4.13. The Morgan fingerprint density at radius 1 is 1.23 bits per heavy atom. The topological polar surface area (TPSA) is 72.2 Å². The van der Waals surface area contributed by atoms with Gasteiger partial charge in [-0.2, -0.15) is 18.2 Å². The zero-order chi connectivity index (χ0) is 18.9. The summed E-state index contributed by atoms with van der Waals surface area (Å²) in [6, 6.07) is 8.07. The molecule has 2 heterocycles. The van der Waals surface area contributed by atoms with Crippen molar-refractivity contribution in [2.75, 3.05) is 11.1 Å². The molecule has 26 heavy (non-hydrogen) atoms. The Balaban J connectivity index is 1.83. The van der Waals surface area contributed by atoms with Gasteiger partial charge in [0.15, 0.2) is 0 Å². The van der Waals surface area contributed by atoms with Gasteiger partial charge in [-0.1, -0.05) is 12.1 Å². The number of thioether (sulfide) groups is 1. The molecule has 1 amide bonds. The van der Waals surface area contributed by atoms with Crippen molar-refractivity contribution in [1.29, 1.82) is 0 Å². The second-order valence-electron chi connectivity index (χ2n) is 5.54. The fraction of sp³-hybridized carbons (Fsp3) is 0.250. The summed E-state index contributed by atoms with van der Waals surface area (Å²) >= 11 is 0.603. The first kappa shape index (κ1) is 18.2. The van der Waals surface area contributed by atoms with Crippen LogP contribution < -0.4 is 5.32 Å². The normalized spacial score (nSPS) is 11.7. The molecule has 6 nitrogen and oxygen atoms in total. The van der Waals surface area contributed by atoms with Gasteiger partial charge in [-0.05, 0) is 32.0 Å². The molecule has 0 aliphatic carbocycles. The minimum Gasteiger partial charge on any atom is -0.318 e. The number of fused-ring (bicyclic) bond motifs is 1. The molecule has 2 aromatic heterocycles. The summed E-state index contributed by atoms with van der Waals surface area (Å²) in [5, 5.41) is 6.67. The molecule has 0 radical (unpaired) electrons. The van der Waals surface area contributed by atoms with Crippen LogP contribution in [0.3, 0.4) is 0 Å². The molecule has 0 saturated carbocycles. The van der Waals surface area contributed by atoms with Crippen LogP contribution in [-0.2, 0) is 0 Å². The van der Waals surface area contributed by atoms with Gasteiger partial charge in [0.1, 0.15) is 0 Å². The van der Waals surface area contributed by atoms with Crippen molar-refractivity contribution in [1.82, 2.24) is 19.6 Å². The number of carbonyl (C=O) groups is 1. The number of rotatable bonds is 4. The summed E-state index contributed by atoms with van der Waals surface area (Å²) in [6.07, 6.45) is -4.30. The van der Waals surface area contributed by atoms with Gasteiger partial charge in [0.05, 0.1) is 11.4 Å². The lowest BCUT2D eigenvalue weighted by molar-refractivity contribution is -0.105. The summed E-state index contributed by atoms with van der Waals surface area (Å²) < 4.78 is 38.8. The lowest BCUT2D eigenvalue weighted by Gasteiger charge is -2.10. The molecule has 3 rings (SSSR count). The zero-order valence-electron chi connectivity index (χ0n) is 13.8. The van der Waals surface area contributed by atoms with Crippen LogP contribution in [0.5, 0.6) is 0 Å². The minimum atomic E-state index is -4.30. The van der Waals surface area contributed by atoms with Gasteiger partial charge in [0, 0.05) is 16.3 Å². The van der Waals surface area contributed by atoms with Crippen molar-refractivity contribution >= 4 is 29.1 Å². The van der Waals surface area contributed by atoms with Gasteiger partial charge in [0.25, 0.3) is 11.7 Å². The standard InChI is InChI=1S/C16H14F3N5OS/c1-9-7-10(2)24-15(20-9)22-13(23-24)14(25)21-11-5-3-4-6-12(11)26-8-16(17,18)19/h3-7H,8H2,1-2H3,(H,21,25). The number of amides is 1. The molecule has 1 N–H and O–H groups in total. The fourth-order valence-corrected chi connectivity index (χ4v) is 3.06. The first-order valence-electron chi connectivity index (χ1n) is 7.54. The molecule has 0 bridgehead atoms. The monoisotopic (exact) mass is 381 g/mol. The Hall–Kier alpha value is -2.62. The van der Waals surface area contributed by atoms with E-state index >= 15 is 0 Å². The molecule has 1 aromatic carbocycles. The summed E-state index contributed by atoms with van der Waals surface area (Å²) in [5.41, 5.74) is 1.77. The van der Waals surface area contributed by atoms with Crippen molar-refractivity contribution in [2.45, 2.75) is 24.9 Å². The SMILES string of the molecule is Cc1cc(C)n2nc(C(=O)Nc3ccccc3SCC(F)(F)F)nc2n1. The third-order valence-corrected chi connectivity index (χ3v) is 4.49.